The Bertz CT molecular complexity index is 453. The predicted molar refractivity (Wildman–Crippen MR) is 75.0 cm³/mol. The Morgan fingerprint density at radius 1 is 1.37 bits per heavy atom. The maximum atomic E-state index is 10.9. The first-order valence-electron chi connectivity index (χ1n) is 6.77. The molecule has 1 saturated carbocycles. The molecule has 0 aliphatic heterocycles. The first kappa shape index (κ1) is 14.2. The molecule has 0 saturated heterocycles. The lowest BCUT2D eigenvalue weighted by molar-refractivity contribution is -0.144. The van der Waals surface area contributed by atoms with E-state index >= 15 is 0 Å². The molecule has 1 aliphatic rings. The van der Waals surface area contributed by atoms with Crippen molar-refractivity contribution in [1.82, 2.24) is 0 Å². The molecule has 1 fully saturated rings. The number of hydrogen-bond acceptors (Lipinski definition) is 2. The average molecular weight is 283 g/mol. The van der Waals surface area contributed by atoms with Crippen LogP contribution in [0, 0.1) is 0 Å². The fourth-order valence-electron chi connectivity index (χ4n) is 2.60. The van der Waals surface area contributed by atoms with E-state index < -0.39 is 12.1 Å². The van der Waals surface area contributed by atoms with E-state index in [0.29, 0.717) is 16.7 Å². The van der Waals surface area contributed by atoms with Gasteiger partial charge in [-0.1, -0.05) is 30.9 Å². The smallest absolute Gasteiger partial charge is 0.344 e. The van der Waals surface area contributed by atoms with E-state index in [9.17, 15) is 4.79 Å². The Morgan fingerprint density at radius 2 is 2.05 bits per heavy atom. The molecule has 4 heteroatoms. The van der Waals surface area contributed by atoms with Gasteiger partial charge in [0.15, 0.2) is 6.10 Å². The number of benzene rings is 1. The van der Waals surface area contributed by atoms with Crippen LogP contribution in [0.15, 0.2) is 18.2 Å². The zero-order valence-electron chi connectivity index (χ0n) is 11.1. The summed E-state index contributed by atoms with van der Waals surface area (Å²) < 4.78 is 5.56. The Hall–Kier alpha value is -1.22. The highest BCUT2D eigenvalue weighted by Crippen LogP contribution is 2.39. The Balaban J connectivity index is 2.24. The Kier molecular flexibility index (Phi) is 4.70. The molecular formula is C15H19ClO3. The first-order valence-corrected chi connectivity index (χ1v) is 7.14. The lowest BCUT2D eigenvalue weighted by Gasteiger charge is -2.25. The molecule has 0 radical (unpaired) electrons. The third kappa shape index (κ3) is 3.63. The summed E-state index contributed by atoms with van der Waals surface area (Å²) in [5.41, 5.74) is 1.06. The minimum absolute atomic E-state index is 0.434. The SMILES string of the molecule is C[C@@H](Oc1ccc(Cl)cc1C1CCCCC1)C(=O)O. The van der Waals surface area contributed by atoms with E-state index in [-0.39, 0.29) is 0 Å². The number of carbonyl (C=O) groups is 1. The second kappa shape index (κ2) is 6.29. The van der Waals surface area contributed by atoms with Crippen molar-refractivity contribution in [3.8, 4) is 5.75 Å². The molecule has 1 aromatic carbocycles. The highest BCUT2D eigenvalue weighted by atomic mass is 35.5. The van der Waals surface area contributed by atoms with Crippen molar-refractivity contribution in [2.24, 2.45) is 0 Å². The molecule has 0 amide bonds. The predicted octanol–water partition coefficient (Wildman–Crippen LogP) is 4.24. The zero-order valence-corrected chi connectivity index (χ0v) is 11.8. The third-order valence-corrected chi connectivity index (χ3v) is 3.90. The van der Waals surface area contributed by atoms with Crippen molar-refractivity contribution < 1.29 is 14.6 Å². The summed E-state index contributed by atoms with van der Waals surface area (Å²) in [5.74, 6) is 0.138. The maximum Gasteiger partial charge on any atom is 0.344 e. The van der Waals surface area contributed by atoms with Crippen LogP contribution in [-0.4, -0.2) is 17.2 Å². The number of carboxylic acid groups (broad SMARTS) is 1. The number of hydrogen-bond donors (Lipinski definition) is 1. The van der Waals surface area contributed by atoms with Crippen LogP contribution in [-0.2, 0) is 4.79 Å². The van der Waals surface area contributed by atoms with Crippen molar-refractivity contribution in [3.05, 3.63) is 28.8 Å². The third-order valence-electron chi connectivity index (χ3n) is 3.67. The summed E-state index contributed by atoms with van der Waals surface area (Å²) in [6.45, 7) is 1.54. The van der Waals surface area contributed by atoms with Gasteiger partial charge in [-0.15, -0.1) is 0 Å². The number of aliphatic carboxylic acids is 1. The molecule has 1 aliphatic carbocycles. The van der Waals surface area contributed by atoms with E-state index in [4.69, 9.17) is 21.4 Å². The van der Waals surface area contributed by atoms with E-state index in [1.165, 1.54) is 19.3 Å². The number of carboxylic acids is 1. The molecule has 1 N–H and O–H groups in total. The monoisotopic (exact) mass is 282 g/mol. The van der Waals surface area contributed by atoms with Crippen LogP contribution in [0.5, 0.6) is 5.75 Å². The van der Waals surface area contributed by atoms with Crippen molar-refractivity contribution in [2.45, 2.75) is 51.0 Å². The largest absolute Gasteiger partial charge is 0.479 e. The summed E-state index contributed by atoms with van der Waals surface area (Å²) >= 11 is 6.06. The van der Waals surface area contributed by atoms with E-state index in [0.717, 1.165) is 18.4 Å². The van der Waals surface area contributed by atoms with Gasteiger partial charge in [0.25, 0.3) is 0 Å². The van der Waals surface area contributed by atoms with Gasteiger partial charge >= 0.3 is 5.97 Å². The van der Waals surface area contributed by atoms with Gasteiger partial charge in [0.1, 0.15) is 5.75 Å². The lowest BCUT2D eigenvalue weighted by atomic mass is 9.83. The summed E-state index contributed by atoms with van der Waals surface area (Å²) in [5, 5.41) is 9.62. The van der Waals surface area contributed by atoms with Crippen LogP contribution in [0.2, 0.25) is 5.02 Å². The number of halogens is 1. The summed E-state index contributed by atoms with van der Waals surface area (Å²) in [7, 11) is 0. The van der Waals surface area contributed by atoms with Crippen molar-refractivity contribution in [2.75, 3.05) is 0 Å². The molecule has 0 heterocycles. The molecular weight excluding hydrogens is 264 g/mol. The second-order valence-corrected chi connectivity index (χ2v) is 5.55. The topological polar surface area (TPSA) is 46.5 Å². The standard InChI is InChI=1S/C15H19ClO3/c1-10(15(17)18)19-14-8-7-12(16)9-13(14)11-5-3-2-4-6-11/h7-11H,2-6H2,1H3,(H,17,18)/t10-/m1/s1. The highest BCUT2D eigenvalue weighted by Gasteiger charge is 2.22. The average Bonchev–Trinajstić information content (AvgIpc) is 2.41. The summed E-state index contributed by atoms with van der Waals surface area (Å²) in [6, 6.07) is 5.45. The number of rotatable bonds is 4. The normalized spacial score (nSPS) is 18.0. The molecule has 19 heavy (non-hydrogen) atoms. The van der Waals surface area contributed by atoms with Gasteiger partial charge in [0.05, 0.1) is 0 Å². The highest BCUT2D eigenvalue weighted by molar-refractivity contribution is 6.30. The van der Waals surface area contributed by atoms with Gasteiger partial charge in [-0.25, -0.2) is 4.79 Å². The van der Waals surface area contributed by atoms with Gasteiger partial charge in [-0.2, -0.15) is 0 Å². The van der Waals surface area contributed by atoms with E-state index in [1.54, 1.807) is 19.1 Å². The van der Waals surface area contributed by atoms with E-state index in [1.807, 2.05) is 6.07 Å². The van der Waals surface area contributed by atoms with E-state index in [2.05, 4.69) is 0 Å². The van der Waals surface area contributed by atoms with Crippen molar-refractivity contribution in [1.29, 1.82) is 0 Å². The Labute approximate surface area is 118 Å². The lowest BCUT2D eigenvalue weighted by Crippen LogP contribution is -2.23. The van der Waals surface area contributed by atoms with Gasteiger partial charge in [-0.05, 0) is 49.4 Å². The Morgan fingerprint density at radius 3 is 2.68 bits per heavy atom. The summed E-state index contributed by atoms with van der Waals surface area (Å²) in [4.78, 5) is 10.9. The maximum absolute atomic E-state index is 10.9. The first-order chi connectivity index (χ1) is 9.08. The van der Waals surface area contributed by atoms with Gasteiger partial charge in [0, 0.05) is 5.02 Å². The summed E-state index contributed by atoms with van der Waals surface area (Å²) in [6.07, 6.45) is 5.11. The van der Waals surface area contributed by atoms with Gasteiger partial charge < -0.3 is 9.84 Å². The van der Waals surface area contributed by atoms with Crippen LogP contribution in [0.3, 0.4) is 0 Å². The quantitative estimate of drug-likeness (QED) is 0.898. The van der Waals surface area contributed by atoms with Gasteiger partial charge in [0.2, 0.25) is 0 Å². The molecule has 104 valence electrons. The molecule has 3 nitrogen and oxygen atoms in total. The number of ether oxygens (including phenoxy) is 1. The molecule has 0 aromatic heterocycles. The van der Waals surface area contributed by atoms with Crippen LogP contribution >= 0.6 is 11.6 Å². The van der Waals surface area contributed by atoms with Crippen LogP contribution in [0.4, 0.5) is 0 Å². The molecule has 0 spiro atoms. The van der Waals surface area contributed by atoms with Crippen molar-refractivity contribution in [3.63, 3.8) is 0 Å². The molecule has 2 rings (SSSR count). The van der Waals surface area contributed by atoms with Crippen LogP contribution in [0.25, 0.3) is 0 Å². The minimum Gasteiger partial charge on any atom is -0.479 e. The zero-order chi connectivity index (χ0) is 13.8. The second-order valence-electron chi connectivity index (χ2n) is 5.12. The molecule has 1 atom stereocenters. The van der Waals surface area contributed by atoms with Crippen LogP contribution < -0.4 is 4.74 Å². The molecule has 1 aromatic rings. The fourth-order valence-corrected chi connectivity index (χ4v) is 2.78. The van der Waals surface area contributed by atoms with Gasteiger partial charge in [-0.3, -0.25) is 0 Å². The van der Waals surface area contributed by atoms with Crippen LogP contribution in [0.1, 0.15) is 50.5 Å². The minimum atomic E-state index is -0.954. The fraction of sp³-hybridized carbons (Fsp3) is 0.533. The van der Waals surface area contributed by atoms with Crippen molar-refractivity contribution >= 4 is 17.6 Å². The molecule has 0 unspecified atom stereocenters. The molecule has 0 bridgehead atoms.